The van der Waals surface area contributed by atoms with Crippen molar-refractivity contribution in [1.82, 2.24) is 20.0 Å². The number of anilines is 1. The number of amidine groups is 1. The molecule has 8 N–H and O–H groups in total. The molecule has 2 aromatic heterocycles. The average Bonchev–Trinajstić information content (AvgIpc) is 3.07. The largest absolute Gasteiger partial charge is 0.409 e. The van der Waals surface area contributed by atoms with Crippen LogP contribution in [-0.4, -0.2) is 71.3 Å². The van der Waals surface area contributed by atoms with Crippen molar-refractivity contribution in [3.63, 3.8) is 0 Å². The topological polar surface area (TPSA) is 198 Å². The van der Waals surface area contributed by atoms with Crippen LogP contribution < -0.4 is 11.5 Å². The van der Waals surface area contributed by atoms with E-state index in [4.69, 9.17) is 21.4 Å². The van der Waals surface area contributed by atoms with Gasteiger partial charge >= 0.3 is 0 Å². The fraction of sp³-hybridized carbons (Fsp3) is 0.455. The molecule has 0 bridgehead atoms. The molecule has 1 saturated heterocycles. The van der Waals surface area contributed by atoms with Crippen LogP contribution in [0.1, 0.15) is 11.8 Å². The van der Waals surface area contributed by atoms with Crippen LogP contribution in [0.15, 0.2) is 11.4 Å². The van der Waals surface area contributed by atoms with Gasteiger partial charge in [0.2, 0.25) is 0 Å². The molecule has 0 amide bonds. The minimum absolute atomic E-state index is 0.0120. The molecule has 0 saturated carbocycles. The van der Waals surface area contributed by atoms with Crippen molar-refractivity contribution in [2.45, 2.75) is 24.5 Å². The molecule has 124 valence electrons. The highest BCUT2D eigenvalue weighted by Gasteiger charge is 2.44. The molecular weight excluding hydrogens is 310 g/mol. The van der Waals surface area contributed by atoms with Gasteiger partial charge < -0.3 is 41.3 Å². The SMILES string of the molecule is N/C(=N\O)c1cn([C@@H]2O[C@H](CO)[C@@H](O)[C@H]2O)c2nnnc(N)c12. The Morgan fingerprint density at radius 3 is 2.70 bits per heavy atom. The molecule has 0 spiro atoms. The monoisotopic (exact) mass is 325 g/mol. The van der Waals surface area contributed by atoms with E-state index in [0.29, 0.717) is 0 Å². The molecular formula is C11H15N7O5. The summed E-state index contributed by atoms with van der Waals surface area (Å²) in [7, 11) is 0. The zero-order chi connectivity index (χ0) is 16.7. The quantitative estimate of drug-likeness (QED) is 0.147. The number of aliphatic hydroxyl groups is 3. The number of aromatic nitrogens is 4. The molecule has 3 rings (SSSR count). The van der Waals surface area contributed by atoms with Crippen molar-refractivity contribution in [2.24, 2.45) is 10.9 Å². The first-order chi connectivity index (χ1) is 11.0. The summed E-state index contributed by atoms with van der Waals surface area (Å²) in [5.41, 5.74) is 11.8. The number of nitrogens with two attached hydrogens (primary N) is 2. The van der Waals surface area contributed by atoms with Gasteiger partial charge in [-0.05, 0) is 5.21 Å². The van der Waals surface area contributed by atoms with Gasteiger partial charge in [-0.1, -0.05) is 5.16 Å². The summed E-state index contributed by atoms with van der Waals surface area (Å²) in [5.74, 6) is -0.260. The number of hydrogen-bond donors (Lipinski definition) is 6. The van der Waals surface area contributed by atoms with Crippen molar-refractivity contribution in [1.29, 1.82) is 0 Å². The van der Waals surface area contributed by atoms with Crippen LogP contribution in [0.5, 0.6) is 0 Å². The summed E-state index contributed by atoms with van der Waals surface area (Å²) >= 11 is 0. The zero-order valence-corrected chi connectivity index (χ0v) is 11.7. The number of oxime groups is 1. The summed E-state index contributed by atoms with van der Waals surface area (Å²) in [6.45, 7) is -0.476. The number of fused-ring (bicyclic) bond motifs is 1. The van der Waals surface area contributed by atoms with Crippen LogP contribution in [-0.2, 0) is 4.74 Å². The predicted octanol–water partition coefficient (Wildman–Crippen LogP) is -2.89. The fourth-order valence-electron chi connectivity index (χ4n) is 2.58. The Morgan fingerprint density at radius 2 is 2.09 bits per heavy atom. The third kappa shape index (κ3) is 2.24. The van der Waals surface area contributed by atoms with Gasteiger partial charge in [0.1, 0.15) is 18.3 Å². The molecule has 1 fully saturated rings. The molecule has 3 heterocycles. The second-order valence-corrected chi connectivity index (χ2v) is 5.04. The second-order valence-electron chi connectivity index (χ2n) is 5.04. The first kappa shape index (κ1) is 15.4. The van der Waals surface area contributed by atoms with Crippen molar-refractivity contribution >= 4 is 22.7 Å². The molecule has 0 radical (unpaired) electrons. The van der Waals surface area contributed by atoms with E-state index < -0.39 is 31.1 Å². The second kappa shape index (κ2) is 5.58. The Balaban J connectivity index is 2.18. The van der Waals surface area contributed by atoms with Crippen LogP contribution in [0.2, 0.25) is 0 Å². The maximum atomic E-state index is 10.1. The third-order valence-corrected chi connectivity index (χ3v) is 3.73. The average molecular weight is 325 g/mol. The number of nitrogens with zero attached hydrogens (tertiary/aromatic N) is 5. The molecule has 23 heavy (non-hydrogen) atoms. The van der Waals surface area contributed by atoms with Crippen molar-refractivity contribution < 1.29 is 25.3 Å². The highest BCUT2D eigenvalue weighted by molar-refractivity contribution is 6.10. The lowest BCUT2D eigenvalue weighted by molar-refractivity contribution is -0.0509. The van der Waals surface area contributed by atoms with Crippen molar-refractivity contribution in [2.75, 3.05) is 12.3 Å². The summed E-state index contributed by atoms with van der Waals surface area (Å²) in [6.07, 6.45) is -3.28. The van der Waals surface area contributed by atoms with E-state index in [1.807, 2.05) is 0 Å². The lowest BCUT2D eigenvalue weighted by atomic mass is 10.1. The van der Waals surface area contributed by atoms with Crippen molar-refractivity contribution in [3.05, 3.63) is 11.8 Å². The van der Waals surface area contributed by atoms with E-state index in [1.54, 1.807) is 0 Å². The number of hydrogen-bond acceptors (Lipinski definition) is 10. The Kier molecular flexibility index (Phi) is 3.73. The fourth-order valence-corrected chi connectivity index (χ4v) is 2.58. The van der Waals surface area contributed by atoms with Gasteiger partial charge in [-0.25, -0.2) is 0 Å². The Morgan fingerprint density at radius 1 is 1.35 bits per heavy atom. The normalized spacial score (nSPS) is 28.6. The number of aliphatic hydroxyl groups excluding tert-OH is 3. The molecule has 1 aliphatic heterocycles. The summed E-state index contributed by atoms with van der Waals surface area (Å²) in [4.78, 5) is 0. The summed E-state index contributed by atoms with van der Waals surface area (Å²) in [6, 6.07) is 0. The highest BCUT2D eigenvalue weighted by Crippen LogP contribution is 2.34. The Hall–Kier alpha value is -2.54. The maximum Gasteiger partial charge on any atom is 0.172 e. The van der Waals surface area contributed by atoms with Crippen LogP contribution in [0.25, 0.3) is 11.0 Å². The number of rotatable bonds is 3. The molecule has 12 heteroatoms. The van der Waals surface area contributed by atoms with E-state index in [1.165, 1.54) is 10.8 Å². The molecule has 0 aromatic carbocycles. The van der Waals surface area contributed by atoms with E-state index in [2.05, 4.69) is 20.6 Å². The third-order valence-electron chi connectivity index (χ3n) is 3.73. The number of nitrogen functional groups attached to an aromatic ring is 1. The van der Waals surface area contributed by atoms with Gasteiger partial charge in [-0.3, -0.25) is 0 Å². The predicted molar refractivity (Wildman–Crippen MR) is 75.3 cm³/mol. The van der Waals surface area contributed by atoms with Gasteiger partial charge in [0.15, 0.2) is 23.5 Å². The molecule has 12 nitrogen and oxygen atoms in total. The van der Waals surface area contributed by atoms with E-state index in [9.17, 15) is 15.3 Å². The first-order valence-electron chi connectivity index (χ1n) is 6.59. The van der Waals surface area contributed by atoms with Gasteiger partial charge in [0.25, 0.3) is 0 Å². The lowest BCUT2D eigenvalue weighted by Gasteiger charge is -2.16. The summed E-state index contributed by atoms with van der Waals surface area (Å²) < 4.78 is 6.77. The van der Waals surface area contributed by atoms with Gasteiger partial charge in [-0.15, -0.1) is 10.2 Å². The smallest absolute Gasteiger partial charge is 0.172 e. The molecule has 2 aromatic rings. The van der Waals surface area contributed by atoms with Crippen LogP contribution in [0.4, 0.5) is 5.82 Å². The van der Waals surface area contributed by atoms with Crippen LogP contribution in [0, 0.1) is 0 Å². The number of ether oxygens (including phenoxy) is 1. The summed E-state index contributed by atoms with van der Waals surface area (Å²) in [5, 5.41) is 52.2. The standard InChI is InChI=1S/C11H15N7O5/c12-8(16-22)3-1-18(10-5(3)9(13)14-17-15-10)11-7(21)6(20)4(2-19)23-11/h1,4,6-7,11,19-22H,2H2,(H2,12,16)(H2,13,14,15)/t4-,6-,7-,11-/m1/s1. The maximum absolute atomic E-state index is 10.1. The first-order valence-corrected chi connectivity index (χ1v) is 6.59. The minimum Gasteiger partial charge on any atom is -0.409 e. The Bertz CT molecular complexity index is 763. The van der Waals surface area contributed by atoms with Gasteiger partial charge in [0, 0.05) is 6.20 Å². The van der Waals surface area contributed by atoms with E-state index >= 15 is 0 Å². The van der Waals surface area contributed by atoms with Crippen LogP contribution in [0.3, 0.4) is 0 Å². The molecule has 0 unspecified atom stereocenters. The van der Waals surface area contributed by atoms with Crippen molar-refractivity contribution in [3.8, 4) is 0 Å². The van der Waals surface area contributed by atoms with E-state index in [-0.39, 0.29) is 28.3 Å². The molecule has 1 aliphatic rings. The molecule has 0 aliphatic carbocycles. The van der Waals surface area contributed by atoms with Gasteiger partial charge in [-0.2, -0.15) is 0 Å². The zero-order valence-electron chi connectivity index (χ0n) is 11.7. The molecule has 4 atom stereocenters. The minimum atomic E-state index is -1.33. The highest BCUT2D eigenvalue weighted by atomic mass is 16.6. The lowest BCUT2D eigenvalue weighted by Crippen LogP contribution is -2.33. The van der Waals surface area contributed by atoms with Gasteiger partial charge in [0.05, 0.1) is 17.6 Å². The van der Waals surface area contributed by atoms with E-state index in [0.717, 1.165) is 0 Å². The Labute approximate surface area is 128 Å². The van der Waals surface area contributed by atoms with Crippen LogP contribution >= 0.6 is 0 Å².